The Morgan fingerprint density at radius 3 is 2.29 bits per heavy atom. The van der Waals surface area contributed by atoms with E-state index in [0.717, 1.165) is 10.4 Å². The summed E-state index contributed by atoms with van der Waals surface area (Å²) in [6, 6.07) is 13.3. The van der Waals surface area contributed by atoms with E-state index in [2.05, 4.69) is 10.6 Å². The average molecular weight is 642 g/mol. The van der Waals surface area contributed by atoms with E-state index in [1.54, 1.807) is 0 Å². The number of nitrogens with zero attached hydrogens (tertiary/aromatic N) is 3. The number of nitro benzene ring substituents is 1. The fourth-order valence-corrected chi connectivity index (χ4v) is 7.94. The molecule has 236 valence electrons. The third-order valence-electron chi connectivity index (χ3n) is 8.20. The normalized spacial score (nSPS) is 21.3. The van der Waals surface area contributed by atoms with Crippen LogP contribution in [0.3, 0.4) is 0 Å². The van der Waals surface area contributed by atoms with Gasteiger partial charge in [-0.05, 0) is 43.2 Å². The van der Waals surface area contributed by atoms with Crippen LogP contribution >= 0.6 is 0 Å². The van der Waals surface area contributed by atoms with Gasteiger partial charge in [-0.15, -0.1) is 0 Å². The van der Waals surface area contributed by atoms with Crippen LogP contribution in [0.15, 0.2) is 77.7 Å². The number of cyclic esters (lactones) is 1. The van der Waals surface area contributed by atoms with E-state index in [-0.39, 0.29) is 43.3 Å². The zero-order chi connectivity index (χ0) is 31.9. The molecule has 2 heterocycles. The van der Waals surface area contributed by atoms with Crippen LogP contribution < -0.4 is 10.6 Å². The maximum absolute atomic E-state index is 14.5. The molecule has 15 heteroatoms. The lowest BCUT2D eigenvalue weighted by Gasteiger charge is -2.44. The van der Waals surface area contributed by atoms with Crippen LogP contribution in [0, 0.1) is 21.7 Å². The Kier molecular flexibility index (Phi) is 8.11. The summed E-state index contributed by atoms with van der Waals surface area (Å²) >= 11 is 0. The molecule has 2 atom stereocenters. The molecule has 3 aromatic carbocycles. The third-order valence-corrected chi connectivity index (χ3v) is 10.2. The van der Waals surface area contributed by atoms with E-state index in [1.165, 1.54) is 71.6 Å². The largest absolute Gasteiger partial charge is 0.434 e. The van der Waals surface area contributed by atoms with Crippen molar-refractivity contribution in [1.29, 1.82) is 0 Å². The molecule has 2 aliphatic heterocycles. The number of para-hydroxylation sites is 1. The monoisotopic (exact) mass is 641 g/mol. The molecular weight excluding hydrogens is 612 g/mol. The van der Waals surface area contributed by atoms with Crippen molar-refractivity contribution in [3.8, 4) is 0 Å². The summed E-state index contributed by atoms with van der Waals surface area (Å²) in [5.41, 5.74) is -2.03. The Hall–Kier alpha value is -4.31. The maximum Gasteiger partial charge on any atom is 0.327 e. The van der Waals surface area contributed by atoms with Crippen molar-refractivity contribution in [3.05, 3.63) is 106 Å². The molecule has 1 saturated carbocycles. The van der Waals surface area contributed by atoms with Gasteiger partial charge in [0.1, 0.15) is 23.7 Å². The first-order valence-corrected chi connectivity index (χ1v) is 15.7. The number of halogens is 2. The van der Waals surface area contributed by atoms with Gasteiger partial charge in [-0.25, -0.2) is 22.1 Å². The minimum absolute atomic E-state index is 0.0478. The molecule has 3 aliphatic rings. The second kappa shape index (κ2) is 11.9. The molecule has 3 fully saturated rings. The smallest absolute Gasteiger partial charge is 0.327 e. The Balaban J connectivity index is 1.29. The summed E-state index contributed by atoms with van der Waals surface area (Å²) in [5.74, 6) is -2.52. The number of esters is 1. The molecule has 0 bridgehead atoms. The van der Waals surface area contributed by atoms with Crippen molar-refractivity contribution >= 4 is 27.6 Å². The van der Waals surface area contributed by atoms with Gasteiger partial charge in [0.15, 0.2) is 4.90 Å². The van der Waals surface area contributed by atoms with Gasteiger partial charge in [0.25, 0.3) is 5.69 Å². The van der Waals surface area contributed by atoms with Crippen molar-refractivity contribution in [2.24, 2.45) is 0 Å². The number of nitro groups is 1. The van der Waals surface area contributed by atoms with Crippen LogP contribution in [-0.4, -0.2) is 78.7 Å². The lowest BCUT2D eigenvalue weighted by atomic mass is 9.89. The van der Waals surface area contributed by atoms with Crippen LogP contribution in [0.5, 0.6) is 0 Å². The van der Waals surface area contributed by atoms with Gasteiger partial charge in [0.2, 0.25) is 21.7 Å². The summed E-state index contributed by atoms with van der Waals surface area (Å²) in [6.45, 7) is -0.153. The van der Waals surface area contributed by atoms with Crippen LogP contribution in [0.2, 0.25) is 0 Å². The van der Waals surface area contributed by atoms with Crippen LogP contribution in [0.1, 0.15) is 24.0 Å². The van der Waals surface area contributed by atoms with Gasteiger partial charge in [-0.2, -0.15) is 4.31 Å². The second-order valence-corrected chi connectivity index (χ2v) is 12.9. The first kappa shape index (κ1) is 30.7. The predicted octanol–water partition coefficient (Wildman–Crippen LogP) is 2.24. The molecular formula is C30H29F2N5O7S. The fourth-order valence-electron chi connectivity index (χ4n) is 6.09. The Morgan fingerprint density at radius 1 is 1.04 bits per heavy atom. The van der Waals surface area contributed by atoms with Gasteiger partial charge in [-0.3, -0.25) is 19.7 Å². The number of nitrogens with one attached hydrogen (secondary N) is 2. The highest BCUT2D eigenvalue weighted by molar-refractivity contribution is 7.89. The first-order chi connectivity index (χ1) is 21.5. The fraction of sp³-hybridized carbons (Fsp3) is 0.333. The summed E-state index contributed by atoms with van der Waals surface area (Å²) in [4.78, 5) is 38.9. The zero-order valence-corrected chi connectivity index (χ0v) is 24.6. The molecule has 2 unspecified atom stereocenters. The van der Waals surface area contributed by atoms with Crippen molar-refractivity contribution in [2.75, 3.05) is 26.2 Å². The quantitative estimate of drug-likeness (QED) is 0.193. The number of hydrogen-bond acceptors (Lipinski definition) is 9. The SMILES string of the molecule is O=C(NCCN(C1CC1)S(=O)(=O)c1ccccc1[N+](=O)[O-])C1CNCC2C(=O)OC(c3cccc(F)c3)(c3cccc(F)c3)N12. The molecule has 2 N–H and O–H groups in total. The highest BCUT2D eigenvalue weighted by Crippen LogP contribution is 2.46. The minimum atomic E-state index is -4.27. The van der Waals surface area contributed by atoms with Gasteiger partial charge in [0, 0.05) is 49.4 Å². The molecule has 45 heavy (non-hydrogen) atoms. The topological polar surface area (TPSA) is 151 Å². The standard InChI is InChI=1S/C30H29F2N5O7S/c31-21-7-3-5-19(15-21)30(20-6-4-8-22(32)16-20)36-25(17-33-18-26(36)29(39)44-30)28(38)34-13-14-35(23-11-12-23)45(42,43)27-10-2-1-9-24(27)37(40)41/h1-10,15-16,23,25-26,33H,11-14,17-18H2,(H,34,38). The van der Waals surface area contributed by atoms with E-state index < -0.39 is 66.8 Å². The molecule has 0 radical (unpaired) electrons. The number of amides is 1. The second-order valence-electron chi connectivity index (χ2n) is 11.0. The number of piperazine rings is 1. The van der Waals surface area contributed by atoms with E-state index in [1.807, 2.05) is 0 Å². The third kappa shape index (κ3) is 5.56. The summed E-state index contributed by atoms with van der Waals surface area (Å²) in [6.07, 6.45) is 1.14. The summed E-state index contributed by atoms with van der Waals surface area (Å²) in [7, 11) is -4.27. The number of carbonyl (C=O) groups is 2. The maximum atomic E-state index is 14.5. The summed E-state index contributed by atoms with van der Waals surface area (Å²) in [5, 5.41) is 17.3. The van der Waals surface area contributed by atoms with Crippen LogP contribution in [0.25, 0.3) is 0 Å². The molecule has 6 rings (SSSR count). The van der Waals surface area contributed by atoms with Gasteiger partial charge < -0.3 is 15.4 Å². The lowest BCUT2D eigenvalue weighted by molar-refractivity contribution is -0.387. The van der Waals surface area contributed by atoms with Gasteiger partial charge in [-0.1, -0.05) is 36.4 Å². The van der Waals surface area contributed by atoms with E-state index in [4.69, 9.17) is 4.74 Å². The Bertz CT molecular complexity index is 1730. The van der Waals surface area contributed by atoms with Crippen molar-refractivity contribution in [2.45, 2.75) is 41.6 Å². The summed E-state index contributed by atoms with van der Waals surface area (Å²) < 4.78 is 63.3. The highest BCUT2D eigenvalue weighted by atomic mass is 32.2. The van der Waals surface area contributed by atoms with E-state index in [9.17, 15) is 36.9 Å². The Labute approximate surface area is 257 Å². The number of ether oxygens (including phenoxy) is 1. The predicted molar refractivity (Wildman–Crippen MR) is 155 cm³/mol. The van der Waals surface area contributed by atoms with Crippen LogP contribution in [0.4, 0.5) is 14.5 Å². The molecule has 2 saturated heterocycles. The van der Waals surface area contributed by atoms with E-state index >= 15 is 0 Å². The van der Waals surface area contributed by atoms with Crippen molar-refractivity contribution in [1.82, 2.24) is 19.8 Å². The van der Waals surface area contributed by atoms with Crippen molar-refractivity contribution in [3.63, 3.8) is 0 Å². The van der Waals surface area contributed by atoms with Crippen LogP contribution in [-0.2, 0) is 30.1 Å². The molecule has 1 amide bonds. The number of benzene rings is 3. The molecule has 0 spiro atoms. The number of sulfonamides is 1. The van der Waals surface area contributed by atoms with Crippen molar-refractivity contribution < 1.29 is 36.4 Å². The lowest BCUT2D eigenvalue weighted by Crippen LogP contribution is -2.66. The first-order valence-electron chi connectivity index (χ1n) is 14.3. The zero-order valence-electron chi connectivity index (χ0n) is 23.8. The van der Waals surface area contributed by atoms with E-state index in [0.29, 0.717) is 12.8 Å². The molecule has 3 aromatic rings. The number of hydrogen-bond donors (Lipinski definition) is 2. The van der Waals surface area contributed by atoms with Gasteiger partial charge in [0.05, 0.1) is 4.92 Å². The Morgan fingerprint density at radius 2 is 1.69 bits per heavy atom. The van der Waals surface area contributed by atoms with Gasteiger partial charge >= 0.3 is 5.97 Å². The number of rotatable bonds is 10. The minimum Gasteiger partial charge on any atom is -0.434 e. The molecule has 12 nitrogen and oxygen atoms in total. The highest BCUT2D eigenvalue weighted by Gasteiger charge is 2.61. The molecule has 1 aliphatic carbocycles. The average Bonchev–Trinajstić information content (AvgIpc) is 3.81. The number of fused-ring (bicyclic) bond motifs is 1. The molecule has 0 aromatic heterocycles. The number of carbonyl (C=O) groups excluding carboxylic acids is 2.